The number of nitrogens with zero attached hydrogens (tertiary/aromatic N) is 2. The summed E-state index contributed by atoms with van der Waals surface area (Å²) in [5.74, 6) is -3.16. The van der Waals surface area contributed by atoms with Gasteiger partial charge in [-0.05, 0) is 66.8 Å². The first-order valence-corrected chi connectivity index (χ1v) is 9.44. The molecule has 0 unspecified atom stereocenters. The molecule has 4 rings (SSSR count). The fourth-order valence-corrected chi connectivity index (χ4v) is 3.44. The van der Waals surface area contributed by atoms with Crippen molar-refractivity contribution < 1.29 is 23.9 Å². The third-order valence-electron chi connectivity index (χ3n) is 4.66. The molecule has 7 nitrogen and oxygen atoms in total. The van der Waals surface area contributed by atoms with Crippen LogP contribution in [0.3, 0.4) is 0 Å². The van der Waals surface area contributed by atoms with E-state index < -0.39 is 23.6 Å². The maximum atomic E-state index is 14.3. The van der Waals surface area contributed by atoms with Gasteiger partial charge in [0.1, 0.15) is 11.4 Å². The zero-order chi connectivity index (χ0) is 22.1. The van der Waals surface area contributed by atoms with Crippen LogP contribution < -0.4 is 10.2 Å². The van der Waals surface area contributed by atoms with Crippen LogP contribution in [0.4, 0.5) is 10.1 Å². The molecule has 2 heterocycles. The van der Waals surface area contributed by atoms with E-state index in [0.29, 0.717) is 11.4 Å². The number of aromatic nitrogens is 1. The quantitative estimate of drug-likeness (QED) is 0.373. The Kier molecular flexibility index (Phi) is 5.18. The lowest BCUT2D eigenvalue weighted by Gasteiger charge is -2.29. The lowest BCUT2D eigenvalue weighted by molar-refractivity contribution is -0.122. The van der Waals surface area contributed by atoms with Gasteiger partial charge in [-0.1, -0.05) is 12.1 Å². The van der Waals surface area contributed by atoms with E-state index >= 15 is 0 Å². The van der Waals surface area contributed by atoms with E-state index in [2.05, 4.69) is 5.32 Å². The van der Waals surface area contributed by atoms with E-state index in [4.69, 9.17) is 17.3 Å². The third kappa shape index (κ3) is 3.74. The number of para-hydroxylation sites is 1. The number of carboxylic acids is 1. The minimum atomic E-state index is -1.05. The van der Waals surface area contributed by atoms with Gasteiger partial charge in [0, 0.05) is 17.6 Å². The summed E-state index contributed by atoms with van der Waals surface area (Å²) in [7, 11) is 0. The number of benzene rings is 2. The van der Waals surface area contributed by atoms with Gasteiger partial charge >= 0.3 is 5.97 Å². The summed E-state index contributed by atoms with van der Waals surface area (Å²) in [4.78, 5) is 37.5. The van der Waals surface area contributed by atoms with E-state index in [1.165, 1.54) is 36.4 Å². The van der Waals surface area contributed by atoms with Crippen LogP contribution in [-0.2, 0) is 9.59 Å². The summed E-state index contributed by atoms with van der Waals surface area (Å²) in [6, 6.07) is 15.1. The van der Waals surface area contributed by atoms with Crippen LogP contribution in [0.25, 0.3) is 11.8 Å². The highest BCUT2D eigenvalue weighted by atomic mass is 32.1. The molecule has 2 aromatic carbocycles. The second-order valence-electron chi connectivity index (χ2n) is 6.56. The molecule has 3 aromatic rings. The Morgan fingerprint density at radius 1 is 1.03 bits per heavy atom. The van der Waals surface area contributed by atoms with Gasteiger partial charge in [0.2, 0.25) is 0 Å². The van der Waals surface area contributed by atoms with Crippen LogP contribution in [0.1, 0.15) is 16.1 Å². The number of carbonyl (C=O) groups excluding carboxylic acids is 2. The van der Waals surface area contributed by atoms with Crippen LogP contribution in [0.2, 0.25) is 0 Å². The lowest BCUT2D eigenvalue weighted by atomic mass is 10.1. The van der Waals surface area contributed by atoms with Crippen molar-refractivity contribution in [1.82, 2.24) is 9.88 Å². The Hall–Kier alpha value is -4.11. The molecular weight excluding hydrogens is 421 g/mol. The van der Waals surface area contributed by atoms with Crippen LogP contribution in [0.15, 0.2) is 72.4 Å². The average molecular weight is 435 g/mol. The van der Waals surface area contributed by atoms with Gasteiger partial charge in [-0.2, -0.15) is 0 Å². The maximum Gasteiger partial charge on any atom is 0.335 e. The number of thiocarbonyl (C=S) groups is 1. The highest BCUT2D eigenvalue weighted by Crippen LogP contribution is 2.25. The van der Waals surface area contributed by atoms with Gasteiger partial charge in [0.25, 0.3) is 11.8 Å². The Morgan fingerprint density at radius 3 is 2.42 bits per heavy atom. The number of hydrogen-bond donors (Lipinski definition) is 2. The topological polar surface area (TPSA) is 91.6 Å². The van der Waals surface area contributed by atoms with Crippen molar-refractivity contribution in [2.75, 3.05) is 4.90 Å². The van der Waals surface area contributed by atoms with Crippen molar-refractivity contribution in [3.8, 4) is 5.69 Å². The number of amides is 2. The van der Waals surface area contributed by atoms with Crippen molar-refractivity contribution in [1.29, 1.82) is 0 Å². The molecule has 2 N–H and O–H groups in total. The molecule has 0 aliphatic carbocycles. The molecule has 1 aliphatic heterocycles. The van der Waals surface area contributed by atoms with Crippen molar-refractivity contribution in [3.63, 3.8) is 0 Å². The zero-order valence-electron chi connectivity index (χ0n) is 15.8. The predicted molar refractivity (Wildman–Crippen MR) is 115 cm³/mol. The molecule has 154 valence electrons. The normalized spacial score (nSPS) is 15.3. The minimum absolute atomic E-state index is 0.0666. The van der Waals surface area contributed by atoms with Gasteiger partial charge in [-0.3, -0.25) is 14.9 Å². The average Bonchev–Trinajstić information content (AvgIpc) is 3.20. The van der Waals surface area contributed by atoms with Crippen molar-refractivity contribution in [2.45, 2.75) is 0 Å². The summed E-state index contributed by atoms with van der Waals surface area (Å²) in [5, 5.41) is 11.3. The summed E-state index contributed by atoms with van der Waals surface area (Å²) < 4.78 is 15.9. The summed E-state index contributed by atoms with van der Waals surface area (Å²) >= 11 is 5.09. The molecule has 1 saturated heterocycles. The van der Waals surface area contributed by atoms with E-state index in [-0.39, 0.29) is 21.9 Å². The molecule has 1 aliphatic rings. The van der Waals surface area contributed by atoms with Gasteiger partial charge in [0.05, 0.1) is 11.3 Å². The van der Waals surface area contributed by atoms with Gasteiger partial charge in [0.15, 0.2) is 5.11 Å². The first kappa shape index (κ1) is 20.2. The van der Waals surface area contributed by atoms with Gasteiger partial charge in [-0.25, -0.2) is 14.1 Å². The third-order valence-corrected chi connectivity index (χ3v) is 4.94. The Morgan fingerprint density at radius 2 is 1.74 bits per heavy atom. The molecular formula is C22H14FN3O4S. The zero-order valence-corrected chi connectivity index (χ0v) is 16.6. The maximum absolute atomic E-state index is 14.3. The van der Waals surface area contributed by atoms with Crippen molar-refractivity contribution >= 4 is 46.9 Å². The van der Waals surface area contributed by atoms with Crippen LogP contribution >= 0.6 is 12.2 Å². The van der Waals surface area contributed by atoms with E-state index in [1.807, 2.05) is 0 Å². The first-order valence-electron chi connectivity index (χ1n) is 9.04. The lowest BCUT2D eigenvalue weighted by Crippen LogP contribution is -2.54. The SMILES string of the molecule is O=C1NC(=S)N(c2ccccc2F)C(=O)/C1=C/c1cccn1-c1ccc(C(=O)O)cc1. The molecule has 2 amide bonds. The number of halogens is 1. The standard InChI is InChI=1S/C22H14FN3O4S/c23-17-5-1-2-6-18(17)26-20(28)16(19(27)24-22(26)31)12-15-4-3-11-25(15)14-9-7-13(8-10-14)21(29)30/h1-12H,(H,29,30)(H,24,27,31)/b16-12+. The van der Waals surface area contributed by atoms with Crippen LogP contribution in [0.5, 0.6) is 0 Å². The molecule has 0 radical (unpaired) electrons. The largest absolute Gasteiger partial charge is 0.478 e. The second kappa shape index (κ2) is 7.96. The Bertz CT molecular complexity index is 1260. The molecule has 0 spiro atoms. The molecule has 31 heavy (non-hydrogen) atoms. The number of carbonyl (C=O) groups is 3. The Balaban J connectivity index is 1.73. The molecule has 0 bridgehead atoms. The molecule has 0 atom stereocenters. The second-order valence-corrected chi connectivity index (χ2v) is 6.95. The molecule has 1 fully saturated rings. The fraction of sp³-hybridized carbons (Fsp3) is 0. The van der Waals surface area contributed by atoms with Gasteiger partial charge < -0.3 is 9.67 Å². The number of nitrogens with one attached hydrogen (secondary N) is 1. The molecule has 0 saturated carbocycles. The number of rotatable bonds is 4. The predicted octanol–water partition coefficient (Wildman–Crippen LogP) is 3.15. The van der Waals surface area contributed by atoms with E-state index in [1.54, 1.807) is 41.1 Å². The summed E-state index contributed by atoms with van der Waals surface area (Å²) in [6.45, 7) is 0. The fourth-order valence-electron chi connectivity index (χ4n) is 3.17. The molecule has 1 aromatic heterocycles. The monoisotopic (exact) mass is 435 g/mol. The smallest absolute Gasteiger partial charge is 0.335 e. The van der Waals surface area contributed by atoms with Crippen molar-refractivity contribution in [2.24, 2.45) is 0 Å². The number of anilines is 1. The number of carboxylic acid groups (broad SMARTS) is 1. The molecule has 9 heteroatoms. The minimum Gasteiger partial charge on any atom is -0.478 e. The van der Waals surface area contributed by atoms with Crippen molar-refractivity contribution in [3.05, 3.63) is 89.5 Å². The van der Waals surface area contributed by atoms with Gasteiger partial charge in [-0.15, -0.1) is 0 Å². The summed E-state index contributed by atoms with van der Waals surface area (Å²) in [5.41, 5.74) is 0.962. The van der Waals surface area contributed by atoms with E-state index in [0.717, 1.165) is 4.90 Å². The highest BCUT2D eigenvalue weighted by molar-refractivity contribution is 7.80. The number of aromatic carboxylic acids is 1. The Labute approximate surface area is 181 Å². The van der Waals surface area contributed by atoms with Crippen LogP contribution in [-0.4, -0.2) is 32.6 Å². The van der Waals surface area contributed by atoms with E-state index in [9.17, 15) is 18.8 Å². The highest BCUT2D eigenvalue weighted by Gasteiger charge is 2.35. The van der Waals surface area contributed by atoms with Crippen LogP contribution in [0, 0.1) is 5.82 Å². The first-order chi connectivity index (χ1) is 14.9. The summed E-state index contributed by atoms with van der Waals surface area (Å²) in [6.07, 6.45) is 3.07. The number of hydrogen-bond acceptors (Lipinski definition) is 4.